The van der Waals surface area contributed by atoms with Gasteiger partial charge in [0.05, 0.1) is 44.7 Å². The number of likely N-dealkylation sites (N-methyl/N-ethyl adjacent to an activating group) is 6. The molecule has 12 amide bonds. The minimum atomic E-state index is -5.22. The molecule has 8 rings (SSSR count). The van der Waals surface area contributed by atoms with Crippen LogP contribution in [0.5, 0.6) is 0 Å². The summed E-state index contributed by atoms with van der Waals surface area (Å²) in [5, 5.41) is 8.45. The Morgan fingerprint density at radius 2 is 1.26 bits per heavy atom. The number of nitrogens with one attached hydrogen (secondary N) is 3. The SMILES string of the molecule is CCO[C@@H]1C[C@H]2C(=O)NC3(CCC3)C(=O)N(C)[C@@H](C3CCCC3)C(=O)N(C)[C@H](C(=O)N3CCOCC3)CC(=O)N(C)[C@@H](CC(C)C)C(=O)N[C@@H]([C@@H](C)CC)C(=O)N(C)CC(=O)N(C)[C@H]3CC/C=C\CN(C3=O)[C@@H](CC3CCC(C(F)(F)F)CC3)C(=O)N(C)CC(=O)N[C@@H](CCC3CC(F)C(C(F)(F)F)C(F)C3)C(=O)N2C1. The third kappa shape index (κ3) is 21.8. The van der Waals surface area contributed by atoms with Gasteiger partial charge in [0.2, 0.25) is 70.9 Å². The molecular weight excluding hydrogens is 1470 g/mol. The second kappa shape index (κ2) is 38.7. The van der Waals surface area contributed by atoms with Crippen LogP contribution in [0.4, 0.5) is 35.1 Å². The van der Waals surface area contributed by atoms with Crippen molar-refractivity contribution in [1.82, 2.24) is 60.0 Å². The maximum Gasteiger partial charge on any atom is 0.397 e. The average molecular weight is 1590 g/mol. The number of rotatable bonds is 13. The first kappa shape index (κ1) is 89.3. The number of hydrogen-bond acceptors (Lipinski definition) is 14. The van der Waals surface area contributed by atoms with Gasteiger partial charge in [0.25, 0.3) is 0 Å². The highest BCUT2D eigenvalue weighted by molar-refractivity contribution is 6.01. The van der Waals surface area contributed by atoms with Crippen LogP contribution in [0.2, 0.25) is 0 Å². The minimum Gasteiger partial charge on any atom is -0.378 e. The fourth-order valence-electron chi connectivity index (χ4n) is 17.7. The molecule has 4 heterocycles. The summed E-state index contributed by atoms with van der Waals surface area (Å²) in [4.78, 5) is 193. The number of fused-ring (bicyclic) bond motifs is 3. The Labute approximate surface area is 646 Å². The predicted octanol–water partition coefficient (Wildman–Crippen LogP) is 6.12. The van der Waals surface area contributed by atoms with Crippen molar-refractivity contribution in [3.05, 3.63) is 12.2 Å². The highest BCUT2D eigenvalue weighted by atomic mass is 19.4. The van der Waals surface area contributed by atoms with Crippen LogP contribution in [0.3, 0.4) is 0 Å². The maximum absolute atomic E-state index is 15.7. The van der Waals surface area contributed by atoms with Gasteiger partial charge < -0.3 is 69.5 Å². The molecular formula is C77H118F8N12O14. The van der Waals surface area contributed by atoms with Gasteiger partial charge in [0.1, 0.15) is 72.1 Å². The normalized spacial score (nSPS) is 32.3. The molecule has 8 aliphatic rings. The number of allylic oxidation sites excluding steroid dienone is 1. The Hall–Kier alpha value is -7.26. The van der Waals surface area contributed by atoms with Crippen molar-refractivity contribution in [3.63, 3.8) is 0 Å². The lowest BCUT2D eigenvalue weighted by atomic mass is 9.74. The van der Waals surface area contributed by atoms with E-state index in [1.807, 2.05) is 13.8 Å². The van der Waals surface area contributed by atoms with Crippen LogP contribution < -0.4 is 16.0 Å². The Bertz CT molecular complexity index is 3320. The second-order valence-electron chi connectivity index (χ2n) is 32.9. The van der Waals surface area contributed by atoms with Crippen molar-refractivity contribution in [1.29, 1.82) is 0 Å². The number of amides is 12. The van der Waals surface area contributed by atoms with E-state index in [-0.39, 0.29) is 129 Å². The molecule has 0 aromatic heterocycles. The molecule has 1 spiro atoms. The van der Waals surface area contributed by atoms with E-state index in [0.29, 0.717) is 38.5 Å². The zero-order chi connectivity index (χ0) is 81.9. The lowest BCUT2D eigenvalue weighted by Crippen LogP contribution is -2.68. The van der Waals surface area contributed by atoms with Gasteiger partial charge in [-0.05, 0) is 146 Å². The molecule has 2 unspecified atom stereocenters. The van der Waals surface area contributed by atoms with E-state index in [0.717, 1.165) is 24.5 Å². The van der Waals surface area contributed by atoms with Crippen LogP contribution in [0.15, 0.2) is 12.2 Å². The lowest BCUT2D eigenvalue weighted by Gasteiger charge is -2.47. The molecule has 111 heavy (non-hydrogen) atoms. The van der Waals surface area contributed by atoms with Gasteiger partial charge in [-0.25, -0.2) is 8.78 Å². The molecule has 0 radical (unpaired) electrons. The number of hydrogen-bond donors (Lipinski definition) is 3. The summed E-state index contributed by atoms with van der Waals surface area (Å²) in [6, 6.07) is -11.4. The molecule has 0 aromatic carbocycles. The summed E-state index contributed by atoms with van der Waals surface area (Å²) in [5.74, 6) is -17.0. The van der Waals surface area contributed by atoms with Crippen LogP contribution in [-0.2, 0) is 67.0 Å². The number of alkyl halides is 8. The lowest BCUT2D eigenvalue weighted by molar-refractivity contribution is -0.219. The van der Waals surface area contributed by atoms with Crippen LogP contribution in [0, 0.1) is 41.4 Å². The Kier molecular flexibility index (Phi) is 31.1. The van der Waals surface area contributed by atoms with Gasteiger partial charge in [-0.2, -0.15) is 26.3 Å². The van der Waals surface area contributed by atoms with E-state index >= 15 is 51.9 Å². The molecule has 4 aliphatic carbocycles. The number of halogens is 8. The molecule has 4 aliphatic heterocycles. The van der Waals surface area contributed by atoms with Crippen LogP contribution in [0.1, 0.15) is 176 Å². The van der Waals surface area contributed by atoms with Crippen molar-refractivity contribution in [2.24, 2.45) is 41.4 Å². The zero-order valence-electron chi connectivity index (χ0n) is 66.2. The molecule has 0 aromatic rings. The smallest absolute Gasteiger partial charge is 0.378 e. The Balaban J connectivity index is 1.21. The van der Waals surface area contributed by atoms with Crippen molar-refractivity contribution < 1.29 is 102 Å². The summed E-state index contributed by atoms with van der Waals surface area (Å²) in [7, 11) is 8.05. The zero-order valence-corrected chi connectivity index (χ0v) is 66.2. The van der Waals surface area contributed by atoms with Crippen molar-refractivity contribution in [2.45, 2.75) is 261 Å². The number of morpholine rings is 1. The highest BCUT2D eigenvalue weighted by Gasteiger charge is 2.56. The van der Waals surface area contributed by atoms with Crippen molar-refractivity contribution in [2.75, 3.05) is 101 Å². The number of ether oxygens (including phenoxy) is 2. The molecule has 2 bridgehead atoms. The third-order valence-electron chi connectivity index (χ3n) is 24.8. The molecule has 7 fully saturated rings. The monoisotopic (exact) mass is 1590 g/mol. The van der Waals surface area contributed by atoms with E-state index in [9.17, 15) is 40.7 Å². The molecule has 3 N–H and O–H groups in total. The summed E-state index contributed by atoms with van der Waals surface area (Å²) in [6.07, 6.45) is -13.2. The van der Waals surface area contributed by atoms with Crippen LogP contribution in [-0.4, -0.2) is 301 Å². The highest BCUT2D eigenvalue weighted by Crippen LogP contribution is 2.46. The first-order chi connectivity index (χ1) is 52.2. The number of carbonyl (C=O) groups is 12. The third-order valence-corrected chi connectivity index (χ3v) is 24.8. The summed E-state index contributed by atoms with van der Waals surface area (Å²) < 4.78 is 127. The standard InChI is InChI=1S/C77H118F8N12O14/c1-12-46(5)64-72(107)90(7)44-62(100)91(8)55-22-15-14-18-31-96(71(55)106)59(39-47-23-26-50(27-24-47)76(80,81)82)69(104)89(6)43-60(98)86-54(28-25-48-37-52(78)63(53(79)38-48)77(83,84)85)68(103)97-42-51(111-13-2)40-57(97)67(102)88-75(29-19-30-75)74(109)94(11)65(49-20-16-17-21-49)73(108)93(10)58(70(105)95-32-34-110-35-33-95)41-61(99)92(9)56(36-45(3)4)66(101)87-64/h14,18,45-59,63-65H,12-13,15-17,19-44H2,1-11H3,(H,86,98)(H,87,101)(H,88,102)/b18-14-/t46-,47?,48?,50?,51+,52?,53?,54-,55-,56-,57-,58-,59-,63?,64-,65-/m0/s1. The topological polar surface area (TPSA) is 289 Å². The maximum atomic E-state index is 15.7. The second-order valence-corrected chi connectivity index (χ2v) is 32.9. The Morgan fingerprint density at radius 3 is 1.84 bits per heavy atom. The van der Waals surface area contributed by atoms with Gasteiger partial charge in [0, 0.05) is 81.5 Å². The van der Waals surface area contributed by atoms with E-state index in [4.69, 9.17) is 9.47 Å². The van der Waals surface area contributed by atoms with Gasteiger partial charge in [-0.1, -0.05) is 59.1 Å². The largest absolute Gasteiger partial charge is 0.397 e. The van der Waals surface area contributed by atoms with Crippen molar-refractivity contribution in [3.8, 4) is 0 Å². The number of nitrogens with zero attached hydrogens (tertiary/aromatic N) is 9. The van der Waals surface area contributed by atoms with E-state index < -0.39 is 230 Å². The van der Waals surface area contributed by atoms with Gasteiger partial charge >= 0.3 is 12.4 Å². The average Bonchev–Trinajstić information content (AvgIpc) is 1.70. The summed E-state index contributed by atoms with van der Waals surface area (Å²) >= 11 is 0. The molecule has 12 atom stereocenters. The van der Waals surface area contributed by atoms with Crippen molar-refractivity contribution >= 4 is 70.9 Å². The van der Waals surface area contributed by atoms with E-state index in [1.54, 1.807) is 32.9 Å². The molecule has 4 saturated carbocycles. The Morgan fingerprint density at radius 1 is 0.631 bits per heavy atom. The molecule has 26 nitrogen and oxygen atoms in total. The summed E-state index contributed by atoms with van der Waals surface area (Å²) in [5.41, 5.74) is -1.70. The fraction of sp³-hybridized carbons (Fsp3) is 0.818. The fourth-order valence-corrected chi connectivity index (χ4v) is 17.7. The van der Waals surface area contributed by atoms with Gasteiger partial charge in [-0.3, -0.25) is 57.5 Å². The first-order valence-electron chi connectivity index (χ1n) is 39.9. The van der Waals surface area contributed by atoms with Crippen LogP contribution >= 0.6 is 0 Å². The van der Waals surface area contributed by atoms with E-state index in [1.165, 1.54) is 61.9 Å². The number of carbonyl (C=O) groups excluding carboxylic acids is 12. The van der Waals surface area contributed by atoms with E-state index in [2.05, 4.69) is 16.0 Å². The molecule has 3 saturated heterocycles. The molecule has 34 heteroatoms. The first-order valence-corrected chi connectivity index (χ1v) is 39.9. The summed E-state index contributed by atoms with van der Waals surface area (Å²) in [6.45, 7) is 7.28. The predicted molar refractivity (Wildman–Crippen MR) is 390 cm³/mol. The van der Waals surface area contributed by atoms with Gasteiger partial charge in [0.15, 0.2) is 0 Å². The molecule has 626 valence electrons. The quantitative estimate of drug-likeness (QED) is 0.138. The van der Waals surface area contributed by atoms with Crippen LogP contribution in [0.25, 0.3) is 0 Å². The minimum absolute atomic E-state index is 0.0104. The van der Waals surface area contributed by atoms with Gasteiger partial charge in [-0.15, -0.1) is 0 Å².